The lowest BCUT2D eigenvalue weighted by Crippen LogP contribution is -2.44. The second kappa shape index (κ2) is 5.91. The van der Waals surface area contributed by atoms with Crippen LogP contribution in [0.4, 0.5) is 0 Å². The van der Waals surface area contributed by atoms with Crippen LogP contribution in [0.25, 0.3) is 0 Å². The molecule has 7 heteroatoms. The molecule has 1 atom stereocenters. The molecule has 2 aromatic heterocycles. The summed E-state index contributed by atoms with van der Waals surface area (Å²) in [4.78, 5) is 40.0. The number of aromatic nitrogens is 3. The van der Waals surface area contributed by atoms with Crippen LogP contribution in [0.5, 0.6) is 0 Å². The van der Waals surface area contributed by atoms with E-state index >= 15 is 0 Å². The van der Waals surface area contributed by atoms with Crippen molar-refractivity contribution < 1.29 is 4.79 Å². The second-order valence-electron chi connectivity index (χ2n) is 5.84. The van der Waals surface area contributed by atoms with Crippen molar-refractivity contribution in [3.8, 4) is 0 Å². The highest BCUT2D eigenvalue weighted by Crippen LogP contribution is 2.28. The first kappa shape index (κ1) is 15.3. The first-order chi connectivity index (χ1) is 11.0. The van der Waals surface area contributed by atoms with E-state index in [0.29, 0.717) is 12.1 Å². The zero-order chi connectivity index (χ0) is 16.6. The Morgan fingerprint density at radius 2 is 2.13 bits per heavy atom. The van der Waals surface area contributed by atoms with Gasteiger partial charge in [-0.2, -0.15) is 0 Å². The number of carbonyl (C=O) groups is 1. The molecule has 0 aliphatic carbocycles. The SMILES string of the molecule is CC[C@H]1c2cccn2CCN1C(=O)Cn1cc(C)c(=O)[nH]c1=O. The van der Waals surface area contributed by atoms with Gasteiger partial charge in [0.1, 0.15) is 6.54 Å². The fourth-order valence-corrected chi connectivity index (χ4v) is 3.16. The molecule has 0 aromatic carbocycles. The maximum atomic E-state index is 12.7. The number of hydrogen-bond donors (Lipinski definition) is 1. The fraction of sp³-hybridized carbons (Fsp3) is 0.438. The highest BCUT2D eigenvalue weighted by molar-refractivity contribution is 5.76. The summed E-state index contributed by atoms with van der Waals surface area (Å²) in [5.41, 5.74) is 0.567. The Labute approximate surface area is 133 Å². The third-order valence-electron chi connectivity index (χ3n) is 4.37. The summed E-state index contributed by atoms with van der Waals surface area (Å²) in [6.07, 6.45) is 4.28. The molecule has 0 unspecified atom stereocenters. The molecule has 3 heterocycles. The molecule has 1 aliphatic heterocycles. The molecule has 1 amide bonds. The zero-order valence-electron chi connectivity index (χ0n) is 13.3. The Kier molecular flexibility index (Phi) is 3.94. The van der Waals surface area contributed by atoms with Crippen LogP contribution in [0.15, 0.2) is 34.1 Å². The van der Waals surface area contributed by atoms with Crippen molar-refractivity contribution in [3.63, 3.8) is 0 Å². The van der Waals surface area contributed by atoms with E-state index in [0.717, 1.165) is 18.7 Å². The van der Waals surface area contributed by atoms with Gasteiger partial charge in [0.05, 0.1) is 6.04 Å². The summed E-state index contributed by atoms with van der Waals surface area (Å²) >= 11 is 0. The Bertz CT molecular complexity index is 845. The molecule has 1 aliphatic rings. The quantitative estimate of drug-likeness (QED) is 0.902. The number of amides is 1. The number of nitrogens with zero attached hydrogens (tertiary/aromatic N) is 3. The van der Waals surface area contributed by atoms with E-state index in [1.54, 1.807) is 6.92 Å². The molecule has 1 N–H and O–H groups in total. The van der Waals surface area contributed by atoms with Crippen LogP contribution in [0, 0.1) is 6.92 Å². The van der Waals surface area contributed by atoms with Gasteiger partial charge in [-0.05, 0) is 25.5 Å². The topological polar surface area (TPSA) is 80.1 Å². The van der Waals surface area contributed by atoms with Gasteiger partial charge in [0.15, 0.2) is 0 Å². The van der Waals surface area contributed by atoms with Gasteiger partial charge in [-0.25, -0.2) is 4.79 Å². The summed E-state index contributed by atoms with van der Waals surface area (Å²) in [5, 5.41) is 0. The van der Waals surface area contributed by atoms with Gasteiger partial charge in [-0.1, -0.05) is 6.92 Å². The molecule has 2 aromatic rings. The van der Waals surface area contributed by atoms with Crippen molar-refractivity contribution in [2.45, 2.75) is 39.4 Å². The summed E-state index contributed by atoms with van der Waals surface area (Å²) in [6, 6.07) is 4.04. The van der Waals surface area contributed by atoms with E-state index in [1.165, 1.54) is 10.8 Å². The predicted octanol–water partition coefficient (Wildman–Crippen LogP) is 0.640. The fourth-order valence-electron chi connectivity index (χ4n) is 3.16. The minimum Gasteiger partial charge on any atom is -0.348 e. The molecule has 0 fully saturated rings. The van der Waals surface area contributed by atoms with E-state index < -0.39 is 11.2 Å². The van der Waals surface area contributed by atoms with Crippen molar-refractivity contribution in [2.24, 2.45) is 0 Å². The van der Waals surface area contributed by atoms with E-state index in [2.05, 4.69) is 9.55 Å². The summed E-state index contributed by atoms with van der Waals surface area (Å²) < 4.78 is 3.42. The first-order valence-electron chi connectivity index (χ1n) is 7.76. The van der Waals surface area contributed by atoms with Crippen LogP contribution < -0.4 is 11.2 Å². The minimum atomic E-state index is -0.553. The van der Waals surface area contributed by atoms with Gasteiger partial charge in [0.2, 0.25) is 5.91 Å². The van der Waals surface area contributed by atoms with Gasteiger partial charge < -0.3 is 9.47 Å². The number of hydrogen-bond acceptors (Lipinski definition) is 3. The van der Waals surface area contributed by atoms with E-state index in [1.807, 2.05) is 30.2 Å². The monoisotopic (exact) mass is 316 g/mol. The minimum absolute atomic E-state index is 0.0193. The standard InChI is InChI=1S/C16H20N4O3/c1-3-12-13-5-4-6-18(13)7-8-20(12)14(21)10-19-9-11(2)15(22)17-16(19)23/h4-6,9,12H,3,7-8,10H2,1-2H3,(H,17,22,23)/t12-/m0/s1. The van der Waals surface area contributed by atoms with Crippen LogP contribution >= 0.6 is 0 Å². The summed E-state index contributed by atoms with van der Waals surface area (Å²) in [5.74, 6) is -0.113. The molecular formula is C16H20N4O3. The Morgan fingerprint density at radius 3 is 2.87 bits per heavy atom. The van der Waals surface area contributed by atoms with Gasteiger partial charge in [0, 0.05) is 36.7 Å². The number of carbonyl (C=O) groups excluding carboxylic acids is 1. The first-order valence-corrected chi connectivity index (χ1v) is 7.76. The Balaban J connectivity index is 1.85. The van der Waals surface area contributed by atoms with E-state index in [-0.39, 0.29) is 18.5 Å². The van der Waals surface area contributed by atoms with Crippen LogP contribution in [0.1, 0.15) is 30.6 Å². The molecule has 23 heavy (non-hydrogen) atoms. The van der Waals surface area contributed by atoms with E-state index in [9.17, 15) is 14.4 Å². The van der Waals surface area contributed by atoms with Crippen LogP contribution in [-0.2, 0) is 17.9 Å². The lowest BCUT2D eigenvalue weighted by molar-refractivity contribution is -0.135. The second-order valence-corrected chi connectivity index (χ2v) is 5.84. The lowest BCUT2D eigenvalue weighted by atomic mass is 10.1. The van der Waals surface area contributed by atoms with E-state index in [4.69, 9.17) is 0 Å². The van der Waals surface area contributed by atoms with Crippen LogP contribution in [0.3, 0.4) is 0 Å². The normalized spacial score (nSPS) is 17.1. The molecule has 0 saturated heterocycles. The van der Waals surface area contributed by atoms with Crippen LogP contribution in [0.2, 0.25) is 0 Å². The average molecular weight is 316 g/mol. The summed E-state index contributed by atoms with van der Waals surface area (Å²) in [7, 11) is 0. The van der Waals surface area contributed by atoms with Gasteiger partial charge >= 0.3 is 5.69 Å². The highest BCUT2D eigenvalue weighted by atomic mass is 16.2. The molecule has 0 spiro atoms. The maximum Gasteiger partial charge on any atom is 0.328 e. The number of aromatic amines is 1. The highest BCUT2D eigenvalue weighted by Gasteiger charge is 2.29. The summed E-state index contributed by atoms with van der Waals surface area (Å²) in [6.45, 7) is 4.97. The van der Waals surface area contributed by atoms with Crippen molar-refractivity contribution in [1.29, 1.82) is 0 Å². The molecule has 122 valence electrons. The van der Waals surface area contributed by atoms with Gasteiger partial charge in [-0.15, -0.1) is 0 Å². The third-order valence-corrected chi connectivity index (χ3v) is 4.37. The number of nitrogens with one attached hydrogen (secondary N) is 1. The number of rotatable bonds is 3. The Hall–Kier alpha value is -2.57. The van der Waals surface area contributed by atoms with Gasteiger partial charge in [-0.3, -0.25) is 19.1 Å². The van der Waals surface area contributed by atoms with Crippen molar-refractivity contribution in [1.82, 2.24) is 19.0 Å². The van der Waals surface area contributed by atoms with Gasteiger partial charge in [0.25, 0.3) is 5.56 Å². The van der Waals surface area contributed by atoms with Crippen molar-refractivity contribution in [3.05, 3.63) is 56.6 Å². The molecular weight excluding hydrogens is 296 g/mol. The Morgan fingerprint density at radius 1 is 1.35 bits per heavy atom. The molecule has 0 saturated carbocycles. The molecule has 0 radical (unpaired) electrons. The number of fused-ring (bicyclic) bond motifs is 1. The van der Waals surface area contributed by atoms with Crippen LogP contribution in [-0.4, -0.2) is 31.5 Å². The largest absolute Gasteiger partial charge is 0.348 e. The lowest BCUT2D eigenvalue weighted by Gasteiger charge is -2.36. The maximum absolute atomic E-state index is 12.7. The van der Waals surface area contributed by atoms with Crippen molar-refractivity contribution in [2.75, 3.05) is 6.54 Å². The molecule has 7 nitrogen and oxygen atoms in total. The third kappa shape index (κ3) is 2.74. The number of H-pyrrole nitrogens is 1. The average Bonchev–Trinajstić information content (AvgIpc) is 3.00. The molecule has 3 rings (SSSR count). The zero-order valence-corrected chi connectivity index (χ0v) is 13.3. The predicted molar refractivity (Wildman–Crippen MR) is 85.2 cm³/mol. The van der Waals surface area contributed by atoms with Crippen molar-refractivity contribution >= 4 is 5.91 Å². The smallest absolute Gasteiger partial charge is 0.328 e. The number of aryl methyl sites for hydroxylation is 1. The molecule has 0 bridgehead atoms.